The van der Waals surface area contributed by atoms with Crippen LogP contribution in [-0.4, -0.2) is 11.0 Å². The maximum atomic E-state index is 10.9. The van der Waals surface area contributed by atoms with Gasteiger partial charge in [0.1, 0.15) is 0 Å². The Bertz CT molecular complexity index is 220. The number of carbonyl (C=O) groups is 1. The predicted octanol–water partition coefficient (Wildman–Crippen LogP) is 1.85. The summed E-state index contributed by atoms with van der Waals surface area (Å²) in [4.78, 5) is 14.7. The fourth-order valence-electron chi connectivity index (χ4n) is 0.624. The maximum absolute atomic E-state index is 10.9. The van der Waals surface area contributed by atoms with Crippen LogP contribution >= 0.6 is 11.3 Å². The van der Waals surface area contributed by atoms with Gasteiger partial charge in [-0.25, -0.2) is 4.98 Å². The van der Waals surface area contributed by atoms with Crippen LogP contribution in [0.25, 0.3) is 0 Å². The third-order valence-electron chi connectivity index (χ3n) is 1.08. The van der Waals surface area contributed by atoms with E-state index >= 15 is 0 Å². The Labute approximate surface area is 69.0 Å². The van der Waals surface area contributed by atoms with E-state index in [0.717, 1.165) is 6.42 Å². The van der Waals surface area contributed by atoms with E-state index in [2.05, 4.69) is 4.98 Å². The molecule has 0 amide bonds. The van der Waals surface area contributed by atoms with Crippen LogP contribution in [0.2, 0.25) is 0 Å². The van der Waals surface area contributed by atoms with Crippen LogP contribution in [0.5, 0.6) is 5.88 Å². The molecule has 0 atom stereocenters. The van der Waals surface area contributed by atoms with Gasteiger partial charge < -0.3 is 4.74 Å². The lowest BCUT2D eigenvalue weighted by molar-refractivity contribution is -0.134. The maximum Gasteiger partial charge on any atom is 0.312 e. The number of nitrogens with zero attached hydrogens (tertiary/aromatic N) is 1. The molecule has 0 bridgehead atoms. The van der Waals surface area contributed by atoms with E-state index in [9.17, 15) is 4.79 Å². The lowest BCUT2D eigenvalue weighted by Gasteiger charge is -1.96. The SMILES string of the molecule is CCCC(=O)Oc1cscn1. The van der Waals surface area contributed by atoms with Gasteiger partial charge in [0.05, 0.1) is 10.9 Å². The molecule has 0 aliphatic carbocycles. The molecular formula is C7H9NO2S. The number of ether oxygens (including phenoxy) is 1. The molecule has 0 saturated heterocycles. The summed E-state index contributed by atoms with van der Waals surface area (Å²) in [5.74, 6) is 0.201. The van der Waals surface area contributed by atoms with Crippen molar-refractivity contribution in [3.8, 4) is 5.88 Å². The van der Waals surface area contributed by atoms with Crippen LogP contribution in [0.3, 0.4) is 0 Å². The fraction of sp³-hybridized carbons (Fsp3) is 0.429. The third kappa shape index (κ3) is 2.67. The number of esters is 1. The Balaban J connectivity index is 2.37. The van der Waals surface area contributed by atoms with E-state index < -0.39 is 0 Å². The van der Waals surface area contributed by atoms with Crippen molar-refractivity contribution in [3.05, 3.63) is 10.9 Å². The first-order valence-corrected chi connectivity index (χ1v) is 4.36. The average Bonchev–Trinajstić information content (AvgIpc) is 2.40. The van der Waals surface area contributed by atoms with Gasteiger partial charge in [0.25, 0.3) is 0 Å². The molecule has 1 heterocycles. The highest BCUT2D eigenvalue weighted by molar-refractivity contribution is 7.07. The Morgan fingerprint density at radius 3 is 3.18 bits per heavy atom. The zero-order valence-electron chi connectivity index (χ0n) is 6.24. The summed E-state index contributed by atoms with van der Waals surface area (Å²) < 4.78 is 4.86. The van der Waals surface area contributed by atoms with Gasteiger partial charge in [0, 0.05) is 6.42 Å². The summed E-state index contributed by atoms with van der Waals surface area (Å²) in [5.41, 5.74) is 1.63. The van der Waals surface area contributed by atoms with Crippen molar-refractivity contribution in [2.75, 3.05) is 0 Å². The zero-order chi connectivity index (χ0) is 8.10. The summed E-state index contributed by atoms with van der Waals surface area (Å²) in [6.45, 7) is 1.93. The van der Waals surface area contributed by atoms with Gasteiger partial charge in [-0.3, -0.25) is 4.79 Å². The van der Waals surface area contributed by atoms with Crippen LogP contribution in [0, 0.1) is 0 Å². The second-order valence-electron chi connectivity index (χ2n) is 2.05. The summed E-state index contributed by atoms with van der Waals surface area (Å²) in [6, 6.07) is 0. The molecule has 1 aromatic rings. The van der Waals surface area contributed by atoms with E-state index in [0.29, 0.717) is 12.3 Å². The van der Waals surface area contributed by atoms with Gasteiger partial charge in [-0.2, -0.15) is 0 Å². The third-order valence-corrected chi connectivity index (χ3v) is 1.65. The number of aromatic nitrogens is 1. The average molecular weight is 171 g/mol. The van der Waals surface area contributed by atoms with Gasteiger partial charge in [-0.1, -0.05) is 6.92 Å². The van der Waals surface area contributed by atoms with Crippen molar-refractivity contribution in [2.24, 2.45) is 0 Å². The number of thiazole rings is 1. The molecule has 1 rings (SSSR count). The van der Waals surface area contributed by atoms with E-state index in [1.165, 1.54) is 11.3 Å². The summed E-state index contributed by atoms with van der Waals surface area (Å²) >= 11 is 1.41. The van der Waals surface area contributed by atoms with Crippen LogP contribution in [-0.2, 0) is 4.79 Å². The van der Waals surface area contributed by atoms with E-state index in [1.54, 1.807) is 10.9 Å². The lowest BCUT2D eigenvalue weighted by Crippen LogP contribution is -2.06. The van der Waals surface area contributed by atoms with Crippen molar-refractivity contribution >= 4 is 17.3 Å². The van der Waals surface area contributed by atoms with Crippen LogP contribution < -0.4 is 4.74 Å². The molecule has 0 aromatic carbocycles. The molecule has 11 heavy (non-hydrogen) atoms. The predicted molar refractivity (Wildman–Crippen MR) is 42.7 cm³/mol. The number of rotatable bonds is 3. The molecule has 0 N–H and O–H groups in total. The topological polar surface area (TPSA) is 39.2 Å². The molecule has 4 heteroatoms. The zero-order valence-corrected chi connectivity index (χ0v) is 7.06. The molecule has 60 valence electrons. The fourth-order valence-corrected chi connectivity index (χ4v) is 1.07. The standard InChI is InChI=1S/C7H9NO2S/c1-2-3-7(9)10-6-4-11-5-8-6/h4-5H,2-3H2,1H3. The minimum absolute atomic E-state index is 0.210. The van der Waals surface area contributed by atoms with Crippen molar-refractivity contribution in [3.63, 3.8) is 0 Å². The van der Waals surface area contributed by atoms with Crippen LogP contribution in [0.4, 0.5) is 0 Å². The monoisotopic (exact) mass is 171 g/mol. The number of carbonyl (C=O) groups excluding carboxylic acids is 1. The van der Waals surface area contributed by atoms with Gasteiger partial charge in [0.15, 0.2) is 0 Å². The minimum Gasteiger partial charge on any atom is -0.407 e. The quantitative estimate of drug-likeness (QED) is 0.651. The Kier molecular flexibility index (Phi) is 3.04. The highest BCUT2D eigenvalue weighted by Crippen LogP contribution is 2.10. The Hall–Kier alpha value is -0.900. The molecule has 3 nitrogen and oxygen atoms in total. The van der Waals surface area contributed by atoms with Crippen molar-refractivity contribution in [1.29, 1.82) is 0 Å². The van der Waals surface area contributed by atoms with E-state index in [1.807, 2.05) is 6.92 Å². The minimum atomic E-state index is -0.210. The number of hydrogen-bond acceptors (Lipinski definition) is 4. The van der Waals surface area contributed by atoms with Gasteiger partial charge in [0.2, 0.25) is 5.88 Å². The Morgan fingerprint density at radius 1 is 1.82 bits per heavy atom. The first-order valence-electron chi connectivity index (χ1n) is 3.41. The van der Waals surface area contributed by atoms with Crippen molar-refractivity contribution < 1.29 is 9.53 Å². The van der Waals surface area contributed by atoms with Crippen LogP contribution in [0.15, 0.2) is 10.9 Å². The Morgan fingerprint density at radius 2 is 2.64 bits per heavy atom. The van der Waals surface area contributed by atoms with Gasteiger partial charge in [-0.05, 0) is 6.42 Å². The summed E-state index contributed by atoms with van der Waals surface area (Å²) in [6.07, 6.45) is 1.26. The summed E-state index contributed by atoms with van der Waals surface area (Å²) in [5, 5.41) is 1.70. The molecule has 0 radical (unpaired) electrons. The highest BCUT2D eigenvalue weighted by Gasteiger charge is 2.03. The lowest BCUT2D eigenvalue weighted by atomic mass is 10.3. The molecule has 0 aliphatic rings. The first-order chi connectivity index (χ1) is 5.33. The molecule has 1 aromatic heterocycles. The van der Waals surface area contributed by atoms with Crippen molar-refractivity contribution in [1.82, 2.24) is 4.98 Å². The number of hydrogen-bond donors (Lipinski definition) is 0. The van der Waals surface area contributed by atoms with Gasteiger partial charge >= 0.3 is 5.97 Å². The largest absolute Gasteiger partial charge is 0.407 e. The highest BCUT2D eigenvalue weighted by atomic mass is 32.1. The molecule has 0 spiro atoms. The van der Waals surface area contributed by atoms with E-state index in [-0.39, 0.29) is 5.97 Å². The molecule has 0 aliphatic heterocycles. The van der Waals surface area contributed by atoms with Crippen LogP contribution in [0.1, 0.15) is 19.8 Å². The molecule has 0 fully saturated rings. The second-order valence-corrected chi connectivity index (χ2v) is 2.77. The normalized spacial score (nSPS) is 9.55. The van der Waals surface area contributed by atoms with Crippen molar-refractivity contribution in [2.45, 2.75) is 19.8 Å². The molecule has 0 unspecified atom stereocenters. The molecule has 0 saturated carbocycles. The molecular weight excluding hydrogens is 162 g/mol. The second kappa shape index (κ2) is 4.08. The van der Waals surface area contributed by atoms with Gasteiger partial charge in [-0.15, -0.1) is 11.3 Å². The smallest absolute Gasteiger partial charge is 0.312 e. The summed E-state index contributed by atoms with van der Waals surface area (Å²) in [7, 11) is 0. The van der Waals surface area contributed by atoms with E-state index in [4.69, 9.17) is 4.74 Å². The first kappa shape index (κ1) is 8.20.